The van der Waals surface area contributed by atoms with E-state index in [1.807, 2.05) is 0 Å². The molecule has 1 unspecified atom stereocenters. The Morgan fingerprint density at radius 2 is 1.28 bits per heavy atom. The van der Waals surface area contributed by atoms with Gasteiger partial charge in [-0.2, -0.15) is 13.8 Å². The number of amides is 2. The molecule has 1 aromatic rings. The van der Waals surface area contributed by atoms with E-state index in [1.54, 1.807) is 41.5 Å². The van der Waals surface area contributed by atoms with E-state index in [0.29, 0.717) is 6.42 Å². The zero-order valence-corrected chi connectivity index (χ0v) is 20.3. The maximum atomic E-state index is 14.0. The van der Waals surface area contributed by atoms with Crippen LogP contribution in [0.15, 0.2) is 0 Å². The van der Waals surface area contributed by atoms with Crippen LogP contribution in [-0.2, 0) is 9.47 Å². The van der Waals surface area contributed by atoms with Crippen molar-refractivity contribution >= 4 is 41.1 Å². The van der Waals surface area contributed by atoms with Gasteiger partial charge in [0.15, 0.2) is 0 Å². The molecule has 12 heteroatoms. The minimum absolute atomic E-state index is 0.105. The third kappa shape index (κ3) is 7.51. The number of ether oxygens (including phenoxy) is 2. The largest absolute Gasteiger partial charge is 0.444 e. The van der Waals surface area contributed by atoms with Gasteiger partial charge in [0, 0.05) is 13.1 Å². The van der Waals surface area contributed by atoms with Crippen molar-refractivity contribution < 1.29 is 27.8 Å². The molecular weight excluding hydrogens is 469 g/mol. The zero-order chi connectivity index (χ0) is 24.4. The highest BCUT2D eigenvalue weighted by molar-refractivity contribution is 6.39. The standard InChI is InChI=1S/C20H28Cl2F2N4O4/c1-19(2,3)31-17(29)25-10-7-11(26-18(30)32-20(4,5)6)9-28(8-10)14-12(21)15(23)27-16(24)13(14)22/h10-11H,7-9H2,1-6H3,(H,25,29)(H,26,30)/t10-,11?/m0/s1. The number of hydrogen-bond donors (Lipinski definition) is 2. The molecule has 1 aliphatic rings. The van der Waals surface area contributed by atoms with Gasteiger partial charge in [0.25, 0.3) is 0 Å². The minimum Gasteiger partial charge on any atom is -0.444 e. The van der Waals surface area contributed by atoms with Gasteiger partial charge in [0.2, 0.25) is 11.9 Å². The van der Waals surface area contributed by atoms with E-state index in [1.165, 1.54) is 4.90 Å². The van der Waals surface area contributed by atoms with Crippen molar-refractivity contribution in [1.29, 1.82) is 0 Å². The number of piperidine rings is 1. The smallest absolute Gasteiger partial charge is 0.407 e. The summed E-state index contributed by atoms with van der Waals surface area (Å²) >= 11 is 12.1. The molecule has 0 aromatic carbocycles. The van der Waals surface area contributed by atoms with E-state index in [2.05, 4.69) is 15.6 Å². The average Bonchev–Trinajstić information content (AvgIpc) is 2.56. The van der Waals surface area contributed by atoms with E-state index in [9.17, 15) is 18.4 Å². The molecule has 2 amide bonds. The molecule has 180 valence electrons. The molecule has 0 aliphatic carbocycles. The Kier molecular flexibility index (Phi) is 8.04. The Bertz CT molecular complexity index is 810. The highest BCUT2D eigenvalue weighted by Gasteiger charge is 2.34. The Balaban J connectivity index is 2.30. The number of alkyl carbamates (subject to hydrolysis) is 2. The fourth-order valence-corrected chi connectivity index (χ4v) is 3.75. The second-order valence-electron chi connectivity index (χ2n) is 9.50. The summed E-state index contributed by atoms with van der Waals surface area (Å²) in [6.45, 7) is 10.5. The first-order valence-electron chi connectivity index (χ1n) is 9.99. The number of pyridine rings is 1. The molecule has 32 heavy (non-hydrogen) atoms. The quantitative estimate of drug-likeness (QED) is 0.591. The van der Waals surface area contributed by atoms with Crippen LogP contribution in [0.25, 0.3) is 0 Å². The topological polar surface area (TPSA) is 92.8 Å². The fourth-order valence-electron chi connectivity index (χ4n) is 3.19. The lowest BCUT2D eigenvalue weighted by molar-refractivity contribution is 0.0476. The summed E-state index contributed by atoms with van der Waals surface area (Å²) in [7, 11) is 0. The molecule has 2 heterocycles. The summed E-state index contributed by atoms with van der Waals surface area (Å²) in [6.07, 6.45) is -1.05. The van der Waals surface area contributed by atoms with Gasteiger partial charge in [0.1, 0.15) is 21.2 Å². The maximum Gasteiger partial charge on any atom is 0.407 e. The zero-order valence-electron chi connectivity index (χ0n) is 18.8. The van der Waals surface area contributed by atoms with Crippen LogP contribution < -0.4 is 15.5 Å². The summed E-state index contributed by atoms with van der Waals surface area (Å²) in [5.41, 5.74) is -1.57. The molecular formula is C20H28Cl2F2N4O4. The lowest BCUT2D eigenvalue weighted by atomic mass is 10.00. The molecule has 0 bridgehead atoms. The van der Waals surface area contributed by atoms with Crippen molar-refractivity contribution in [1.82, 2.24) is 15.6 Å². The van der Waals surface area contributed by atoms with Crippen molar-refractivity contribution in [2.24, 2.45) is 0 Å². The van der Waals surface area contributed by atoms with E-state index >= 15 is 0 Å². The third-order valence-electron chi connectivity index (χ3n) is 4.18. The van der Waals surface area contributed by atoms with Gasteiger partial charge in [0.05, 0.1) is 17.8 Å². The highest BCUT2D eigenvalue weighted by atomic mass is 35.5. The number of anilines is 1. The monoisotopic (exact) mass is 496 g/mol. The summed E-state index contributed by atoms with van der Waals surface area (Å²) in [4.78, 5) is 29.1. The highest BCUT2D eigenvalue weighted by Crippen LogP contribution is 2.37. The molecule has 2 rings (SSSR count). The Hall–Kier alpha value is -2.07. The summed E-state index contributed by atoms with van der Waals surface area (Å²) in [5.74, 6) is -2.44. The van der Waals surface area contributed by atoms with Gasteiger partial charge in [-0.3, -0.25) is 0 Å². The van der Waals surface area contributed by atoms with Gasteiger partial charge < -0.3 is 25.0 Å². The number of hydrogen-bond acceptors (Lipinski definition) is 6. The number of nitrogens with one attached hydrogen (secondary N) is 2. The van der Waals surface area contributed by atoms with E-state index in [4.69, 9.17) is 32.7 Å². The molecule has 2 N–H and O–H groups in total. The summed E-state index contributed by atoms with van der Waals surface area (Å²) in [5, 5.41) is 4.49. The van der Waals surface area contributed by atoms with Gasteiger partial charge in [-0.25, -0.2) is 9.59 Å². The van der Waals surface area contributed by atoms with Crippen molar-refractivity contribution in [2.75, 3.05) is 18.0 Å². The number of carbonyl (C=O) groups excluding carboxylic acids is 2. The van der Waals surface area contributed by atoms with Crippen LogP contribution in [0.4, 0.5) is 24.1 Å². The summed E-state index contributed by atoms with van der Waals surface area (Å²) < 4.78 is 38.6. The van der Waals surface area contributed by atoms with Crippen LogP contribution in [0.3, 0.4) is 0 Å². The number of carbonyl (C=O) groups is 2. The molecule has 2 atom stereocenters. The lowest BCUT2D eigenvalue weighted by Crippen LogP contribution is -2.58. The number of nitrogens with zero attached hydrogens (tertiary/aromatic N) is 2. The van der Waals surface area contributed by atoms with Crippen molar-refractivity contribution in [3.05, 3.63) is 21.9 Å². The van der Waals surface area contributed by atoms with Crippen LogP contribution >= 0.6 is 23.2 Å². The van der Waals surface area contributed by atoms with E-state index in [-0.39, 0.29) is 18.8 Å². The molecule has 0 radical (unpaired) electrons. The van der Waals surface area contributed by atoms with Gasteiger partial charge >= 0.3 is 12.2 Å². The molecule has 1 aliphatic heterocycles. The van der Waals surface area contributed by atoms with Crippen molar-refractivity contribution in [2.45, 2.75) is 71.2 Å². The van der Waals surface area contributed by atoms with Gasteiger partial charge in [-0.15, -0.1) is 0 Å². The van der Waals surface area contributed by atoms with Crippen LogP contribution in [0, 0.1) is 11.9 Å². The number of aromatic nitrogens is 1. The first-order chi connectivity index (χ1) is 14.6. The van der Waals surface area contributed by atoms with Crippen LogP contribution in [-0.4, -0.2) is 53.5 Å². The van der Waals surface area contributed by atoms with Crippen LogP contribution in [0.2, 0.25) is 10.0 Å². The molecule has 0 spiro atoms. The average molecular weight is 497 g/mol. The molecule has 1 fully saturated rings. The number of halogens is 4. The molecule has 1 aromatic heterocycles. The van der Waals surface area contributed by atoms with Gasteiger partial charge in [-0.05, 0) is 48.0 Å². The van der Waals surface area contributed by atoms with E-state index in [0.717, 1.165) is 0 Å². The molecule has 1 saturated heterocycles. The van der Waals surface area contributed by atoms with Crippen molar-refractivity contribution in [3.63, 3.8) is 0 Å². The Labute approximate surface area is 195 Å². The molecule has 0 saturated carbocycles. The lowest BCUT2D eigenvalue weighted by Gasteiger charge is -2.40. The predicted molar refractivity (Wildman–Crippen MR) is 117 cm³/mol. The SMILES string of the molecule is CC(C)(C)OC(=O)NC1C[C@H](NC(=O)OC(C)(C)C)CN(c2c(Cl)c(F)nc(F)c2Cl)C1. The second-order valence-corrected chi connectivity index (χ2v) is 10.3. The van der Waals surface area contributed by atoms with Crippen molar-refractivity contribution in [3.8, 4) is 0 Å². The predicted octanol–water partition coefficient (Wildman–Crippen LogP) is 4.66. The Morgan fingerprint density at radius 3 is 1.62 bits per heavy atom. The Morgan fingerprint density at radius 1 is 0.906 bits per heavy atom. The fraction of sp³-hybridized carbons (Fsp3) is 0.650. The van der Waals surface area contributed by atoms with Crippen LogP contribution in [0.5, 0.6) is 0 Å². The first-order valence-corrected chi connectivity index (χ1v) is 10.8. The summed E-state index contributed by atoms with van der Waals surface area (Å²) in [6, 6.07) is -1.13. The molecule has 8 nitrogen and oxygen atoms in total. The third-order valence-corrected chi connectivity index (χ3v) is 4.85. The minimum atomic E-state index is -1.22. The maximum absolute atomic E-state index is 14.0. The van der Waals surface area contributed by atoms with Crippen LogP contribution in [0.1, 0.15) is 48.0 Å². The normalized spacial score (nSPS) is 19.4. The second kappa shape index (κ2) is 9.82. The number of rotatable bonds is 3. The first kappa shape index (κ1) is 26.2. The van der Waals surface area contributed by atoms with Gasteiger partial charge in [-0.1, -0.05) is 23.2 Å². The van der Waals surface area contributed by atoms with E-state index < -0.39 is 57.4 Å².